The first-order chi connectivity index (χ1) is 10.1. The molecular formula is C14H10N4O3. The Morgan fingerprint density at radius 3 is 2.62 bits per heavy atom. The van der Waals surface area contributed by atoms with Gasteiger partial charge in [-0.1, -0.05) is 6.07 Å². The molecule has 0 unspecified atom stereocenters. The lowest BCUT2D eigenvalue weighted by atomic mass is 10.0. The molecule has 0 aliphatic heterocycles. The number of nitrogen functional groups attached to an aromatic ring is 1. The van der Waals surface area contributed by atoms with Gasteiger partial charge in [0, 0.05) is 11.8 Å². The van der Waals surface area contributed by atoms with Crippen LogP contribution in [0.15, 0.2) is 47.5 Å². The zero-order valence-electron chi connectivity index (χ0n) is 10.7. The highest BCUT2D eigenvalue weighted by atomic mass is 16.6. The lowest BCUT2D eigenvalue weighted by molar-refractivity contribution is -0.386. The van der Waals surface area contributed by atoms with Crippen LogP contribution in [-0.4, -0.2) is 14.9 Å². The van der Waals surface area contributed by atoms with Gasteiger partial charge < -0.3 is 10.7 Å². The molecular weight excluding hydrogens is 272 g/mol. The lowest BCUT2D eigenvalue weighted by Gasteiger charge is -2.04. The summed E-state index contributed by atoms with van der Waals surface area (Å²) < 4.78 is 0. The molecule has 7 nitrogen and oxygen atoms in total. The number of benzene rings is 1. The highest BCUT2D eigenvalue weighted by Crippen LogP contribution is 2.23. The van der Waals surface area contributed by atoms with Gasteiger partial charge in [-0.25, -0.2) is 4.98 Å². The van der Waals surface area contributed by atoms with Crippen LogP contribution in [-0.2, 0) is 0 Å². The molecule has 3 N–H and O–H groups in total. The number of pyridine rings is 2. The summed E-state index contributed by atoms with van der Waals surface area (Å²) in [7, 11) is 0. The number of aromatic nitrogens is 2. The van der Waals surface area contributed by atoms with Crippen LogP contribution in [0.2, 0.25) is 0 Å². The van der Waals surface area contributed by atoms with Gasteiger partial charge in [-0.05, 0) is 29.8 Å². The summed E-state index contributed by atoms with van der Waals surface area (Å²) in [5.74, 6) is 0.420. The molecule has 7 heteroatoms. The molecule has 2 aromatic heterocycles. The molecule has 21 heavy (non-hydrogen) atoms. The molecule has 0 fully saturated rings. The molecule has 0 amide bonds. The third-order valence-corrected chi connectivity index (χ3v) is 3.18. The van der Waals surface area contributed by atoms with Gasteiger partial charge in [-0.2, -0.15) is 0 Å². The zero-order valence-corrected chi connectivity index (χ0v) is 10.7. The standard InChI is InChI=1S/C14H10N4O3/c15-13-4-2-9(6-17-13)8-1-3-10-11(5-8)16-7-12(14(10)19)18(20)21/h1-7H,(H2,15,17)(H,16,19). The summed E-state index contributed by atoms with van der Waals surface area (Å²) in [5, 5.41) is 11.0. The van der Waals surface area contributed by atoms with E-state index < -0.39 is 16.0 Å². The molecule has 3 rings (SSSR count). The smallest absolute Gasteiger partial charge is 0.332 e. The number of nitrogens with zero attached hydrogens (tertiary/aromatic N) is 2. The number of rotatable bonds is 2. The van der Waals surface area contributed by atoms with Crippen molar-refractivity contribution in [2.24, 2.45) is 0 Å². The Hall–Kier alpha value is -3.22. The largest absolute Gasteiger partial charge is 0.384 e. The maximum absolute atomic E-state index is 12.0. The average Bonchev–Trinajstić information content (AvgIpc) is 2.47. The normalized spacial score (nSPS) is 10.7. The van der Waals surface area contributed by atoms with Gasteiger partial charge >= 0.3 is 5.69 Å². The molecule has 0 saturated carbocycles. The first kappa shape index (κ1) is 12.8. The molecule has 1 aromatic carbocycles. The molecule has 0 atom stereocenters. The van der Waals surface area contributed by atoms with Crippen molar-refractivity contribution in [2.45, 2.75) is 0 Å². The number of hydrogen-bond acceptors (Lipinski definition) is 5. The number of fused-ring (bicyclic) bond motifs is 1. The van der Waals surface area contributed by atoms with Crippen molar-refractivity contribution in [2.75, 3.05) is 5.73 Å². The Bertz CT molecular complexity index is 900. The van der Waals surface area contributed by atoms with Crippen molar-refractivity contribution in [1.82, 2.24) is 9.97 Å². The Balaban J connectivity index is 2.18. The topological polar surface area (TPSA) is 115 Å². The number of anilines is 1. The molecule has 0 saturated heterocycles. The number of nitrogens with two attached hydrogens (primary N) is 1. The minimum Gasteiger partial charge on any atom is -0.384 e. The molecule has 0 aliphatic carbocycles. The predicted octanol–water partition coefficient (Wildman–Crippen LogP) is 2.08. The van der Waals surface area contributed by atoms with Gasteiger partial charge in [0.15, 0.2) is 0 Å². The molecule has 0 radical (unpaired) electrons. The van der Waals surface area contributed by atoms with E-state index in [-0.39, 0.29) is 5.39 Å². The molecule has 104 valence electrons. The summed E-state index contributed by atoms with van der Waals surface area (Å²) in [6.45, 7) is 0. The maximum atomic E-state index is 12.0. The third kappa shape index (κ3) is 2.20. The van der Waals surface area contributed by atoms with Crippen LogP contribution in [0.3, 0.4) is 0 Å². The van der Waals surface area contributed by atoms with Crippen LogP contribution >= 0.6 is 0 Å². The minimum atomic E-state index is -0.698. The Morgan fingerprint density at radius 1 is 1.19 bits per heavy atom. The van der Waals surface area contributed by atoms with E-state index in [1.165, 1.54) is 0 Å². The molecule has 2 heterocycles. The van der Waals surface area contributed by atoms with E-state index in [1.54, 1.807) is 30.5 Å². The number of aromatic amines is 1. The van der Waals surface area contributed by atoms with Crippen LogP contribution in [0.5, 0.6) is 0 Å². The monoisotopic (exact) mass is 282 g/mol. The van der Waals surface area contributed by atoms with E-state index >= 15 is 0 Å². The summed E-state index contributed by atoms with van der Waals surface area (Å²) in [6, 6.07) is 8.51. The second-order valence-corrected chi connectivity index (χ2v) is 4.49. The highest BCUT2D eigenvalue weighted by Gasteiger charge is 2.14. The number of nitrogens with one attached hydrogen (secondary N) is 1. The zero-order chi connectivity index (χ0) is 15.0. The highest BCUT2D eigenvalue weighted by molar-refractivity contribution is 5.85. The average molecular weight is 282 g/mol. The van der Waals surface area contributed by atoms with Crippen molar-refractivity contribution in [3.63, 3.8) is 0 Å². The summed E-state index contributed by atoms with van der Waals surface area (Å²) >= 11 is 0. The summed E-state index contributed by atoms with van der Waals surface area (Å²) in [5.41, 5.74) is 6.67. The van der Waals surface area contributed by atoms with Gasteiger partial charge in [-0.15, -0.1) is 0 Å². The van der Waals surface area contributed by atoms with Crippen molar-refractivity contribution < 1.29 is 4.92 Å². The predicted molar refractivity (Wildman–Crippen MR) is 78.9 cm³/mol. The van der Waals surface area contributed by atoms with Gasteiger partial charge in [0.05, 0.1) is 22.0 Å². The Kier molecular flexibility index (Phi) is 2.87. The fourth-order valence-corrected chi connectivity index (χ4v) is 2.10. The molecule has 0 spiro atoms. The number of H-pyrrole nitrogens is 1. The van der Waals surface area contributed by atoms with Crippen LogP contribution in [0.1, 0.15) is 0 Å². The second-order valence-electron chi connectivity index (χ2n) is 4.49. The summed E-state index contributed by atoms with van der Waals surface area (Å²) in [6.07, 6.45) is 2.73. The van der Waals surface area contributed by atoms with Crippen LogP contribution in [0.25, 0.3) is 22.0 Å². The second kappa shape index (κ2) is 4.71. The van der Waals surface area contributed by atoms with Crippen molar-refractivity contribution in [3.8, 4) is 11.1 Å². The minimum absolute atomic E-state index is 0.274. The van der Waals surface area contributed by atoms with Crippen molar-refractivity contribution in [1.29, 1.82) is 0 Å². The lowest BCUT2D eigenvalue weighted by Crippen LogP contribution is -2.09. The van der Waals surface area contributed by atoms with E-state index in [4.69, 9.17) is 5.73 Å². The maximum Gasteiger partial charge on any atom is 0.332 e. The van der Waals surface area contributed by atoms with Crippen molar-refractivity contribution in [3.05, 3.63) is 63.1 Å². The van der Waals surface area contributed by atoms with Crippen LogP contribution in [0, 0.1) is 10.1 Å². The number of hydrogen-bond donors (Lipinski definition) is 2. The van der Waals surface area contributed by atoms with E-state index in [0.29, 0.717) is 11.3 Å². The first-order valence-electron chi connectivity index (χ1n) is 6.08. The van der Waals surface area contributed by atoms with E-state index in [0.717, 1.165) is 17.3 Å². The van der Waals surface area contributed by atoms with Crippen molar-refractivity contribution >= 4 is 22.4 Å². The molecule has 0 bridgehead atoms. The number of nitro groups is 1. The van der Waals surface area contributed by atoms with E-state index in [9.17, 15) is 14.9 Å². The third-order valence-electron chi connectivity index (χ3n) is 3.18. The van der Waals surface area contributed by atoms with Crippen LogP contribution < -0.4 is 11.2 Å². The quantitative estimate of drug-likeness (QED) is 0.551. The van der Waals surface area contributed by atoms with Gasteiger partial charge in [0.2, 0.25) is 0 Å². The van der Waals surface area contributed by atoms with E-state index in [1.807, 2.05) is 6.07 Å². The Labute approximate surface area is 118 Å². The van der Waals surface area contributed by atoms with Gasteiger partial charge in [0.25, 0.3) is 5.43 Å². The molecule has 0 aliphatic rings. The molecule has 3 aromatic rings. The van der Waals surface area contributed by atoms with Gasteiger partial charge in [0.1, 0.15) is 5.82 Å². The fraction of sp³-hybridized carbons (Fsp3) is 0. The van der Waals surface area contributed by atoms with E-state index in [2.05, 4.69) is 9.97 Å². The first-order valence-corrected chi connectivity index (χ1v) is 6.08. The SMILES string of the molecule is Nc1ccc(-c2ccc3c(=O)c([N+](=O)[O-])c[nH]c3c2)cn1. The van der Waals surface area contributed by atoms with Crippen LogP contribution in [0.4, 0.5) is 11.5 Å². The van der Waals surface area contributed by atoms with Gasteiger partial charge in [-0.3, -0.25) is 14.9 Å². The fourth-order valence-electron chi connectivity index (χ4n) is 2.10. The summed E-state index contributed by atoms with van der Waals surface area (Å²) in [4.78, 5) is 28.8. The Morgan fingerprint density at radius 2 is 1.95 bits per heavy atom.